The minimum Gasteiger partial charge on any atom is -0.325 e. The van der Waals surface area contributed by atoms with Gasteiger partial charge < -0.3 is 11.5 Å². The zero-order valence-corrected chi connectivity index (χ0v) is 12.7. The van der Waals surface area contributed by atoms with E-state index in [9.17, 15) is 0 Å². The smallest absolute Gasteiger partial charge is 0.0314 e. The van der Waals surface area contributed by atoms with Gasteiger partial charge in [-0.15, -0.1) is 0 Å². The van der Waals surface area contributed by atoms with Crippen LogP contribution in [0.15, 0.2) is 18.2 Å². The number of nitrogens with two attached hydrogens (primary N) is 2. The highest BCUT2D eigenvalue weighted by Crippen LogP contribution is 2.28. The number of hydrogen-bond acceptors (Lipinski definition) is 2. The van der Waals surface area contributed by atoms with E-state index < -0.39 is 0 Å². The molecule has 0 aliphatic rings. The van der Waals surface area contributed by atoms with Crippen LogP contribution in [0.3, 0.4) is 0 Å². The molecule has 0 aromatic heterocycles. The van der Waals surface area contributed by atoms with E-state index in [1.807, 2.05) is 13.8 Å². The number of rotatable bonds is 3. The average molecular weight is 248 g/mol. The highest BCUT2D eigenvalue weighted by Gasteiger charge is 2.20. The molecule has 1 unspecified atom stereocenters. The first-order valence-corrected chi connectivity index (χ1v) is 6.66. The van der Waals surface area contributed by atoms with E-state index in [2.05, 4.69) is 45.9 Å². The fraction of sp³-hybridized carbons (Fsp3) is 0.625. The third-order valence-electron chi connectivity index (χ3n) is 3.28. The van der Waals surface area contributed by atoms with Crippen LogP contribution in [0.5, 0.6) is 0 Å². The Balaban J connectivity index is 2.99. The molecule has 0 fully saturated rings. The molecule has 0 saturated carbocycles. The third kappa shape index (κ3) is 4.11. The molecule has 4 N–H and O–H groups in total. The number of hydrogen-bond donors (Lipinski definition) is 2. The zero-order chi connectivity index (χ0) is 14.1. The first-order valence-electron chi connectivity index (χ1n) is 6.66. The van der Waals surface area contributed by atoms with Gasteiger partial charge in [-0.05, 0) is 49.3 Å². The number of benzene rings is 1. The Morgan fingerprint density at radius 2 is 1.67 bits per heavy atom. The largest absolute Gasteiger partial charge is 0.325 e. The molecule has 1 rings (SSSR count). The zero-order valence-electron chi connectivity index (χ0n) is 12.7. The molecule has 1 atom stereocenters. The van der Waals surface area contributed by atoms with Gasteiger partial charge in [0.2, 0.25) is 0 Å². The summed E-state index contributed by atoms with van der Waals surface area (Å²) in [4.78, 5) is 0. The van der Waals surface area contributed by atoms with Crippen molar-refractivity contribution in [2.75, 3.05) is 0 Å². The summed E-state index contributed by atoms with van der Waals surface area (Å²) in [5.41, 5.74) is 16.1. The van der Waals surface area contributed by atoms with Crippen LogP contribution in [0.25, 0.3) is 0 Å². The normalized spacial score (nSPS) is 14.7. The lowest BCUT2D eigenvalue weighted by Crippen LogP contribution is -2.36. The van der Waals surface area contributed by atoms with Gasteiger partial charge in [0, 0.05) is 11.6 Å². The SMILES string of the molecule is Cc1cc(C(C)(C)C)ccc1C(N)CC(C)(C)N. The van der Waals surface area contributed by atoms with Crippen molar-refractivity contribution in [1.29, 1.82) is 0 Å². The Hall–Kier alpha value is -0.860. The summed E-state index contributed by atoms with van der Waals surface area (Å²) in [6.45, 7) is 12.9. The second-order valence-electron chi connectivity index (χ2n) is 7.12. The van der Waals surface area contributed by atoms with Gasteiger partial charge in [0.15, 0.2) is 0 Å². The van der Waals surface area contributed by atoms with E-state index in [1.165, 1.54) is 16.7 Å². The van der Waals surface area contributed by atoms with Crippen molar-refractivity contribution in [1.82, 2.24) is 0 Å². The molecular weight excluding hydrogens is 220 g/mol. The highest BCUT2D eigenvalue weighted by atomic mass is 14.7. The van der Waals surface area contributed by atoms with Crippen LogP contribution >= 0.6 is 0 Å². The lowest BCUT2D eigenvalue weighted by Gasteiger charge is -2.26. The minimum atomic E-state index is -0.228. The molecule has 1 aromatic rings. The Morgan fingerprint density at radius 1 is 1.11 bits per heavy atom. The second kappa shape index (κ2) is 5.02. The maximum atomic E-state index is 6.26. The van der Waals surface area contributed by atoms with E-state index in [4.69, 9.17) is 11.5 Å². The lowest BCUT2D eigenvalue weighted by atomic mass is 9.83. The monoisotopic (exact) mass is 248 g/mol. The fourth-order valence-corrected chi connectivity index (χ4v) is 2.23. The van der Waals surface area contributed by atoms with Crippen molar-refractivity contribution in [3.63, 3.8) is 0 Å². The van der Waals surface area contributed by atoms with Crippen molar-refractivity contribution in [2.45, 2.75) is 65.0 Å². The molecule has 0 amide bonds. The third-order valence-corrected chi connectivity index (χ3v) is 3.28. The van der Waals surface area contributed by atoms with Crippen molar-refractivity contribution >= 4 is 0 Å². The predicted molar refractivity (Wildman–Crippen MR) is 79.7 cm³/mol. The standard InChI is InChI=1S/C16H28N2/c1-11-9-12(15(2,3)4)7-8-13(11)14(17)10-16(5,6)18/h7-9,14H,10,17-18H2,1-6H3. The van der Waals surface area contributed by atoms with Gasteiger partial charge in [-0.3, -0.25) is 0 Å². The Bertz CT molecular complexity index is 408. The summed E-state index contributed by atoms with van der Waals surface area (Å²) < 4.78 is 0. The van der Waals surface area contributed by atoms with Crippen molar-refractivity contribution in [2.24, 2.45) is 11.5 Å². The number of aryl methyl sites for hydroxylation is 1. The Kier molecular flexibility index (Phi) is 4.24. The molecule has 0 spiro atoms. The van der Waals surface area contributed by atoms with Crippen LogP contribution < -0.4 is 11.5 Å². The van der Waals surface area contributed by atoms with Crippen LogP contribution in [0.1, 0.15) is 63.8 Å². The van der Waals surface area contributed by atoms with E-state index >= 15 is 0 Å². The van der Waals surface area contributed by atoms with Gasteiger partial charge in [-0.25, -0.2) is 0 Å². The van der Waals surface area contributed by atoms with Crippen LogP contribution in [0.4, 0.5) is 0 Å². The first kappa shape index (κ1) is 15.2. The van der Waals surface area contributed by atoms with E-state index in [1.54, 1.807) is 0 Å². The summed E-state index contributed by atoms with van der Waals surface area (Å²) in [6.07, 6.45) is 0.794. The summed E-state index contributed by atoms with van der Waals surface area (Å²) in [5, 5.41) is 0. The summed E-state index contributed by atoms with van der Waals surface area (Å²) in [6, 6.07) is 6.61. The molecule has 102 valence electrons. The second-order valence-corrected chi connectivity index (χ2v) is 7.12. The molecule has 0 aliphatic carbocycles. The minimum absolute atomic E-state index is 0.0130. The summed E-state index contributed by atoms with van der Waals surface area (Å²) >= 11 is 0. The first-order chi connectivity index (χ1) is 8.00. The maximum absolute atomic E-state index is 6.26. The molecule has 0 aliphatic heterocycles. The maximum Gasteiger partial charge on any atom is 0.0314 e. The van der Waals surface area contributed by atoms with Crippen molar-refractivity contribution in [3.8, 4) is 0 Å². The lowest BCUT2D eigenvalue weighted by molar-refractivity contribution is 0.428. The molecule has 0 heterocycles. The molecule has 18 heavy (non-hydrogen) atoms. The molecule has 2 nitrogen and oxygen atoms in total. The van der Waals surface area contributed by atoms with Crippen LogP contribution in [-0.4, -0.2) is 5.54 Å². The Labute approximate surface area is 112 Å². The average Bonchev–Trinajstić information content (AvgIpc) is 2.12. The van der Waals surface area contributed by atoms with Gasteiger partial charge in [0.1, 0.15) is 0 Å². The summed E-state index contributed by atoms with van der Waals surface area (Å²) in [7, 11) is 0. The quantitative estimate of drug-likeness (QED) is 0.861. The summed E-state index contributed by atoms with van der Waals surface area (Å²) in [5.74, 6) is 0. The van der Waals surface area contributed by atoms with Crippen molar-refractivity contribution < 1.29 is 0 Å². The van der Waals surface area contributed by atoms with Crippen LogP contribution in [-0.2, 0) is 5.41 Å². The fourth-order valence-electron chi connectivity index (χ4n) is 2.23. The van der Waals surface area contributed by atoms with E-state index in [-0.39, 0.29) is 17.0 Å². The molecule has 1 aromatic carbocycles. The van der Waals surface area contributed by atoms with Gasteiger partial charge >= 0.3 is 0 Å². The molecule has 0 radical (unpaired) electrons. The Morgan fingerprint density at radius 3 is 2.06 bits per heavy atom. The molecule has 0 saturated heterocycles. The van der Waals surface area contributed by atoms with Crippen LogP contribution in [0, 0.1) is 6.92 Å². The van der Waals surface area contributed by atoms with Crippen LogP contribution in [0.2, 0.25) is 0 Å². The van der Waals surface area contributed by atoms with Gasteiger partial charge in [0.05, 0.1) is 0 Å². The molecule has 0 bridgehead atoms. The van der Waals surface area contributed by atoms with Gasteiger partial charge in [-0.1, -0.05) is 39.0 Å². The topological polar surface area (TPSA) is 52.0 Å². The van der Waals surface area contributed by atoms with Gasteiger partial charge in [0.25, 0.3) is 0 Å². The van der Waals surface area contributed by atoms with Crippen molar-refractivity contribution in [3.05, 3.63) is 34.9 Å². The molecular formula is C16H28N2. The van der Waals surface area contributed by atoms with E-state index in [0.717, 1.165) is 6.42 Å². The molecule has 2 heteroatoms. The highest BCUT2D eigenvalue weighted by molar-refractivity contribution is 5.36. The van der Waals surface area contributed by atoms with Gasteiger partial charge in [-0.2, -0.15) is 0 Å². The van der Waals surface area contributed by atoms with E-state index in [0.29, 0.717) is 0 Å². The predicted octanol–water partition coefficient (Wildman–Crippen LogP) is 3.42.